The Labute approximate surface area is 173 Å². The van der Waals surface area contributed by atoms with Gasteiger partial charge in [-0.2, -0.15) is 0 Å². The molecule has 2 heterocycles. The van der Waals surface area contributed by atoms with Gasteiger partial charge in [-0.05, 0) is 29.8 Å². The first-order valence-corrected chi connectivity index (χ1v) is 9.20. The van der Waals surface area contributed by atoms with E-state index in [1.54, 1.807) is 6.07 Å². The largest absolute Gasteiger partial charge is 0.494 e. The molecule has 1 aliphatic heterocycles. The molecule has 2 aromatic carbocycles. The van der Waals surface area contributed by atoms with Gasteiger partial charge in [-0.15, -0.1) is 0 Å². The molecule has 1 saturated heterocycles. The van der Waals surface area contributed by atoms with Crippen molar-refractivity contribution in [3.63, 3.8) is 0 Å². The standard InChI is InChI=1S/C12H15FN4O3.C9H7N/c1-15-11(14)7-16(12(15)17(18)19)6-8-3-4-10(20-2)9(13)5-8;1-2-6-9-8(4-1)5-3-7-10-9/h3-5,12,14H,6-7H2,1-2H3;1-7H. The second kappa shape index (κ2) is 9.27. The number of nitrogens with one attached hydrogen (secondary N) is 1. The number of likely N-dealkylation sites (N-methyl/N-ethyl adjacent to an activating group) is 1. The van der Waals surface area contributed by atoms with E-state index in [1.165, 1.54) is 41.5 Å². The second-order valence-electron chi connectivity index (χ2n) is 6.76. The first-order valence-electron chi connectivity index (χ1n) is 9.20. The number of methoxy groups -OCH3 is 1. The SMILES string of the molecule is COc1ccc(CN2CC(=N)N(C)C2[N+](=O)[O-])cc1F.c1ccc2ncccc2c1. The zero-order valence-electron chi connectivity index (χ0n) is 16.7. The van der Waals surface area contributed by atoms with Crippen LogP contribution in [-0.4, -0.2) is 52.5 Å². The summed E-state index contributed by atoms with van der Waals surface area (Å²) in [4.78, 5) is 17.6. The molecule has 1 fully saturated rings. The van der Waals surface area contributed by atoms with E-state index < -0.39 is 17.0 Å². The van der Waals surface area contributed by atoms with E-state index in [4.69, 9.17) is 10.1 Å². The van der Waals surface area contributed by atoms with Crippen LogP contribution in [0.15, 0.2) is 60.8 Å². The minimum Gasteiger partial charge on any atom is -0.494 e. The fraction of sp³-hybridized carbons (Fsp3) is 0.238. The lowest BCUT2D eigenvalue weighted by atomic mass is 10.2. The van der Waals surface area contributed by atoms with Crippen LogP contribution < -0.4 is 4.74 Å². The van der Waals surface area contributed by atoms with Crippen LogP contribution in [0, 0.1) is 21.3 Å². The molecule has 0 spiro atoms. The topological polar surface area (TPSA) is 95.6 Å². The molecule has 0 bridgehead atoms. The molecule has 3 aromatic rings. The number of amidine groups is 1. The number of rotatable bonds is 4. The molecule has 0 radical (unpaired) electrons. The van der Waals surface area contributed by atoms with Crippen molar-refractivity contribution in [2.45, 2.75) is 12.8 Å². The van der Waals surface area contributed by atoms with E-state index in [2.05, 4.69) is 17.1 Å². The van der Waals surface area contributed by atoms with Crippen molar-refractivity contribution >= 4 is 16.7 Å². The molecule has 156 valence electrons. The average molecular weight is 411 g/mol. The third kappa shape index (κ3) is 4.69. The van der Waals surface area contributed by atoms with E-state index in [0.29, 0.717) is 5.56 Å². The number of fused-ring (bicyclic) bond motifs is 1. The highest BCUT2D eigenvalue weighted by Crippen LogP contribution is 2.22. The summed E-state index contributed by atoms with van der Waals surface area (Å²) in [5.41, 5.74) is 1.66. The molecule has 8 nitrogen and oxygen atoms in total. The van der Waals surface area contributed by atoms with Crippen LogP contribution in [-0.2, 0) is 6.54 Å². The van der Waals surface area contributed by atoms with Crippen LogP contribution >= 0.6 is 0 Å². The van der Waals surface area contributed by atoms with E-state index in [9.17, 15) is 14.5 Å². The van der Waals surface area contributed by atoms with Gasteiger partial charge in [-0.25, -0.2) is 9.29 Å². The van der Waals surface area contributed by atoms with Crippen molar-refractivity contribution in [3.8, 4) is 5.75 Å². The second-order valence-corrected chi connectivity index (χ2v) is 6.76. The first-order chi connectivity index (χ1) is 14.4. The zero-order chi connectivity index (χ0) is 21.7. The maximum Gasteiger partial charge on any atom is 0.349 e. The van der Waals surface area contributed by atoms with E-state index in [-0.39, 0.29) is 24.7 Å². The minimum absolute atomic E-state index is 0.130. The van der Waals surface area contributed by atoms with Crippen molar-refractivity contribution < 1.29 is 14.1 Å². The highest BCUT2D eigenvalue weighted by atomic mass is 19.1. The van der Waals surface area contributed by atoms with Crippen LogP contribution in [0.4, 0.5) is 4.39 Å². The fourth-order valence-corrected chi connectivity index (χ4v) is 3.24. The predicted molar refractivity (Wildman–Crippen MR) is 111 cm³/mol. The summed E-state index contributed by atoms with van der Waals surface area (Å²) in [6.45, 7) is 0.356. The van der Waals surface area contributed by atoms with Gasteiger partial charge in [0.2, 0.25) is 0 Å². The minimum atomic E-state index is -1.09. The molecule has 30 heavy (non-hydrogen) atoms. The maximum atomic E-state index is 13.6. The zero-order valence-corrected chi connectivity index (χ0v) is 16.7. The summed E-state index contributed by atoms with van der Waals surface area (Å²) in [5.74, 6) is -0.211. The van der Waals surface area contributed by atoms with Gasteiger partial charge >= 0.3 is 6.29 Å². The third-order valence-corrected chi connectivity index (χ3v) is 4.75. The quantitative estimate of drug-likeness (QED) is 0.523. The summed E-state index contributed by atoms with van der Waals surface area (Å²) in [6, 6.07) is 16.5. The number of aromatic nitrogens is 1. The number of pyridine rings is 1. The molecule has 0 amide bonds. The number of benzene rings is 2. The van der Waals surface area contributed by atoms with E-state index in [1.807, 2.05) is 30.5 Å². The molecule has 0 aliphatic carbocycles. The normalized spacial score (nSPS) is 16.3. The molecule has 1 aromatic heterocycles. The molecule has 1 aliphatic rings. The van der Waals surface area contributed by atoms with Gasteiger partial charge in [-0.1, -0.05) is 30.3 Å². The molecule has 1 N–H and O–H groups in total. The Kier molecular flexibility index (Phi) is 6.53. The van der Waals surface area contributed by atoms with Crippen LogP contribution in [0.25, 0.3) is 10.9 Å². The highest BCUT2D eigenvalue weighted by Gasteiger charge is 2.41. The lowest BCUT2D eigenvalue weighted by Gasteiger charge is -2.20. The Morgan fingerprint density at radius 1 is 1.27 bits per heavy atom. The number of nitro groups is 1. The Bertz CT molecular complexity index is 996. The number of hydrogen-bond acceptors (Lipinski definition) is 6. The monoisotopic (exact) mass is 411 g/mol. The van der Waals surface area contributed by atoms with E-state index >= 15 is 0 Å². The first kappa shape index (κ1) is 21.1. The summed E-state index contributed by atoms with van der Waals surface area (Å²) in [6.07, 6.45) is 0.718. The number of para-hydroxylation sites is 1. The number of ether oxygens (including phenoxy) is 1. The van der Waals surface area contributed by atoms with E-state index in [0.717, 1.165) is 5.52 Å². The van der Waals surface area contributed by atoms with Gasteiger partial charge in [0.25, 0.3) is 0 Å². The molecular formula is C21H22FN5O3. The highest BCUT2D eigenvalue weighted by molar-refractivity contribution is 5.82. The number of hydrogen-bond donors (Lipinski definition) is 1. The van der Waals surface area contributed by atoms with Crippen molar-refractivity contribution in [2.24, 2.45) is 0 Å². The van der Waals surface area contributed by atoms with Crippen molar-refractivity contribution in [3.05, 3.63) is 82.3 Å². The maximum absolute atomic E-state index is 13.6. The molecule has 1 atom stereocenters. The Morgan fingerprint density at radius 3 is 2.67 bits per heavy atom. The van der Waals surface area contributed by atoms with Crippen LogP contribution in [0.5, 0.6) is 5.75 Å². The lowest BCUT2D eigenvalue weighted by molar-refractivity contribution is -0.568. The average Bonchev–Trinajstić information content (AvgIpc) is 3.02. The Hall–Kier alpha value is -3.59. The predicted octanol–water partition coefficient (Wildman–Crippen LogP) is 3.35. The third-order valence-electron chi connectivity index (χ3n) is 4.75. The summed E-state index contributed by atoms with van der Waals surface area (Å²) >= 11 is 0. The van der Waals surface area contributed by atoms with Gasteiger partial charge in [-0.3, -0.25) is 25.4 Å². The van der Waals surface area contributed by atoms with Crippen LogP contribution in [0.1, 0.15) is 5.56 Å². The van der Waals surface area contributed by atoms with Crippen LogP contribution in [0.2, 0.25) is 0 Å². The van der Waals surface area contributed by atoms with Crippen molar-refractivity contribution in [1.29, 1.82) is 5.41 Å². The van der Waals surface area contributed by atoms with Gasteiger partial charge in [0.15, 0.2) is 11.6 Å². The van der Waals surface area contributed by atoms with Gasteiger partial charge < -0.3 is 4.74 Å². The summed E-state index contributed by atoms with van der Waals surface area (Å²) in [5, 5.41) is 19.9. The van der Waals surface area contributed by atoms with Crippen molar-refractivity contribution in [1.82, 2.24) is 14.8 Å². The molecular weight excluding hydrogens is 389 g/mol. The van der Waals surface area contributed by atoms with Crippen LogP contribution in [0.3, 0.4) is 0 Å². The fourth-order valence-electron chi connectivity index (χ4n) is 3.24. The number of halogens is 1. The molecule has 9 heteroatoms. The van der Waals surface area contributed by atoms with Gasteiger partial charge in [0.05, 0.1) is 24.1 Å². The van der Waals surface area contributed by atoms with Gasteiger partial charge in [0.1, 0.15) is 5.84 Å². The Morgan fingerprint density at radius 2 is 2.00 bits per heavy atom. The van der Waals surface area contributed by atoms with Crippen molar-refractivity contribution in [2.75, 3.05) is 20.7 Å². The Balaban J connectivity index is 0.000000212. The van der Waals surface area contributed by atoms with Gasteiger partial charge in [0, 0.05) is 25.2 Å². The molecule has 4 rings (SSSR count). The molecule has 1 unspecified atom stereocenters. The number of nitrogens with zero attached hydrogens (tertiary/aromatic N) is 4. The lowest BCUT2D eigenvalue weighted by Crippen LogP contribution is -2.43. The summed E-state index contributed by atoms with van der Waals surface area (Å²) < 4.78 is 18.4. The molecule has 0 saturated carbocycles. The summed E-state index contributed by atoms with van der Waals surface area (Å²) in [7, 11) is 2.88. The smallest absolute Gasteiger partial charge is 0.349 e.